The third kappa shape index (κ3) is 3.24. The third-order valence-corrected chi connectivity index (χ3v) is 3.91. The molecule has 0 aromatic heterocycles. The molecule has 4 nitrogen and oxygen atoms in total. The first-order valence-corrected chi connectivity index (χ1v) is 7.07. The van der Waals surface area contributed by atoms with Crippen molar-refractivity contribution in [2.24, 2.45) is 11.3 Å². The molecule has 3 N–H and O–H groups in total. The largest absolute Gasteiger partial charge is 0.505 e. The maximum atomic E-state index is 12.2. The molecule has 2 unspecified atom stereocenters. The maximum absolute atomic E-state index is 12.2. The second kappa shape index (κ2) is 5.35. The topological polar surface area (TPSA) is 72.5 Å². The molecule has 110 valence electrons. The van der Waals surface area contributed by atoms with Gasteiger partial charge in [-0.2, -0.15) is 0 Å². The van der Waals surface area contributed by atoms with E-state index in [1.54, 1.807) is 12.1 Å². The maximum Gasteiger partial charge on any atom is 0.342 e. The molecule has 0 aliphatic heterocycles. The van der Waals surface area contributed by atoms with Crippen molar-refractivity contribution in [3.8, 4) is 5.75 Å². The summed E-state index contributed by atoms with van der Waals surface area (Å²) in [4.78, 5) is 12.2. The molecule has 2 atom stereocenters. The van der Waals surface area contributed by atoms with Gasteiger partial charge in [0.15, 0.2) is 5.75 Å². The van der Waals surface area contributed by atoms with Gasteiger partial charge in [-0.1, -0.05) is 26.8 Å². The van der Waals surface area contributed by atoms with E-state index in [1.807, 2.05) is 0 Å². The Hall–Kier alpha value is -1.71. The van der Waals surface area contributed by atoms with Crippen molar-refractivity contribution in [1.29, 1.82) is 0 Å². The van der Waals surface area contributed by atoms with E-state index in [9.17, 15) is 9.90 Å². The Morgan fingerprint density at radius 3 is 2.75 bits per heavy atom. The van der Waals surface area contributed by atoms with Crippen LogP contribution >= 0.6 is 0 Å². The smallest absolute Gasteiger partial charge is 0.342 e. The molecule has 1 aliphatic rings. The number of carbonyl (C=O) groups is 1. The highest BCUT2D eigenvalue weighted by atomic mass is 16.5. The minimum atomic E-state index is -0.496. The van der Waals surface area contributed by atoms with Crippen LogP contribution in [-0.4, -0.2) is 17.2 Å². The zero-order valence-electron chi connectivity index (χ0n) is 12.3. The van der Waals surface area contributed by atoms with Gasteiger partial charge in [0.25, 0.3) is 0 Å². The van der Waals surface area contributed by atoms with Crippen molar-refractivity contribution < 1.29 is 14.6 Å². The summed E-state index contributed by atoms with van der Waals surface area (Å²) in [6, 6.07) is 4.72. The number of esters is 1. The number of anilines is 1. The Balaban J connectivity index is 2.10. The minimum absolute atomic E-state index is 0.0953. The summed E-state index contributed by atoms with van der Waals surface area (Å²) in [6.45, 7) is 6.57. The van der Waals surface area contributed by atoms with Gasteiger partial charge < -0.3 is 15.6 Å². The number of phenolic OH excluding ortho intramolecular Hbond substituents is 1. The quantitative estimate of drug-likeness (QED) is 0.494. The number of aromatic hydroxyl groups is 1. The summed E-state index contributed by atoms with van der Waals surface area (Å²) in [7, 11) is 0. The predicted octanol–water partition coefficient (Wildman–Crippen LogP) is 3.35. The lowest BCUT2D eigenvalue weighted by atomic mass is 9.71. The molecule has 0 heterocycles. The van der Waals surface area contributed by atoms with E-state index < -0.39 is 5.97 Å². The summed E-state index contributed by atoms with van der Waals surface area (Å²) in [6.07, 6.45) is 2.77. The highest BCUT2D eigenvalue weighted by molar-refractivity contribution is 5.94. The van der Waals surface area contributed by atoms with Crippen LogP contribution in [0.25, 0.3) is 0 Å². The molecule has 1 aromatic rings. The van der Waals surface area contributed by atoms with Gasteiger partial charge in [-0.05, 0) is 42.7 Å². The minimum Gasteiger partial charge on any atom is -0.505 e. The molecule has 4 heteroatoms. The monoisotopic (exact) mass is 277 g/mol. The first kappa shape index (κ1) is 14.7. The molecule has 0 bridgehead atoms. The standard InChI is InChI=1S/C16H23NO3/c1-10-7-11(9-16(2,3)8-10)20-15(19)12-5-4-6-13(17)14(12)18/h4-6,10-11,18H,7-9,17H2,1-3H3. The average Bonchev–Trinajstić information content (AvgIpc) is 2.29. The molecule has 0 spiro atoms. The molecule has 0 amide bonds. The fourth-order valence-electron chi connectivity index (χ4n) is 3.29. The van der Waals surface area contributed by atoms with E-state index in [2.05, 4.69) is 20.8 Å². The average molecular weight is 277 g/mol. The van der Waals surface area contributed by atoms with Crippen LogP contribution in [0.5, 0.6) is 5.75 Å². The Bertz CT molecular complexity index is 510. The molecular weight excluding hydrogens is 254 g/mol. The number of hydrogen-bond acceptors (Lipinski definition) is 4. The third-order valence-electron chi connectivity index (χ3n) is 3.91. The number of nitrogen functional groups attached to an aromatic ring is 1. The number of phenols is 1. The highest BCUT2D eigenvalue weighted by Gasteiger charge is 2.34. The van der Waals surface area contributed by atoms with E-state index in [4.69, 9.17) is 10.5 Å². The first-order valence-electron chi connectivity index (χ1n) is 7.07. The zero-order valence-corrected chi connectivity index (χ0v) is 12.3. The van der Waals surface area contributed by atoms with Gasteiger partial charge in [-0.3, -0.25) is 0 Å². The number of benzene rings is 1. The van der Waals surface area contributed by atoms with Crippen LogP contribution in [0.4, 0.5) is 5.69 Å². The van der Waals surface area contributed by atoms with Crippen LogP contribution < -0.4 is 5.73 Å². The van der Waals surface area contributed by atoms with E-state index in [-0.39, 0.29) is 28.5 Å². The Morgan fingerprint density at radius 2 is 2.10 bits per heavy atom. The molecule has 1 aromatic carbocycles. The van der Waals surface area contributed by atoms with Gasteiger partial charge in [-0.25, -0.2) is 4.79 Å². The van der Waals surface area contributed by atoms with Gasteiger partial charge in [-0.15, -0.1) is 0 Å². The van der Waals surface area contributed by atoms with E-state index >= 15 is 0 Å². The lowest BCUT2D eigenvalue weighted by Crippen LogP contribution is -2.34. The van der Waals surface area contributed by atoms with E-state index in [1.165, 1.54) is 6.07 Å². The Labute approximate surface area is 119 Å². The van der Waals surface area contributed by atoms with Crippen LogP contribution in [0.2, 0.25) is 0 Å². The molecule has 1 saturated carbocycles. The zero-order chi connectivity index (χ0) is 14.9. The second-order valence-electron chi connectivity index (χ2n) is 6.68. The van der Waals surface area contributed by atoms with Gasteiger partial charge >= 0.3 is 5.97 Å². The van der Waals surface area contributed by atoms with Crippen molar-refractivity contribution in [3.05, 3.63) is 23.8 Å². The lowest BCUT2D eigenvalue weighted by molar-refractivity contribution is -0.00733. The summed E-state index contributed by atoms with van der Waals surface area (Å²) in [5.74, 6) is -0.156. The number of hydrogen-bond donors (Lipinski definition) is 2. The number of nitrogens with two attached hydrogens (primary N) is 1. The van der Waals surface area contributed by atoms with Gasteiger partial charge in [0.2, 0.25) is 0 Å². The molecule has 0 saturated heterocycles. The van der Waals surface area contributed by atoms with Crippen molar-refractivity contribution >= 4 is 11.7 Å². The van der Waals surface area contributed by atoms with E-state index in [0.717, 1.165) is 19.3 Å². The van der Waals surface area contributed by atoms with Gasteiger partial charge in [0.05, 0.1) is 5.69 Å². The molecule has 1 aliphatic carbocycles. The van der Waals surface area contributed by atoms with Gasteiger partial charge in [0, 0.05) is 0 Å². The van der Waals surface area contributed by atoms with Crippen molar-refractivity contribution in [1.82, 2.24) is 0 Å². The summed E-state index contributed by atoms with van der Waals surface area (Å²) >= 11 is 0. The van der Waals surface area contributed by atoms with Crippen molar-refractivity contribution in [2.75, 3.05) is 5.73 Å². The fraction of sp³-hybridized carbons (Fsp3) is 0.562. The summed E-state index contributed by atoms with van der Waals surface area (Å²) in [5, 5.41) is 9.83. The lowest BCUT2D eigenvalue weighted by Gasteiger charge is -2.38. The summed E-state index contributed by atoms with van der Waals surface area (Å²) in [5.41, 5.74) is 6.11. The van der Waals surface area contributed by atoms with Crippen molar-refractivity contribution in [2.45, 2.75) is 46.1 Å². The Morgan fingerprint density at radius 1 is 1.40 bits per heavy atom. The first-order chi connectivity index (χ1) is 9.28. The molecule has 0 radical (unpaired) electrons. The number of ether oxygens (including phenoxy) is 1. The highest BCUT2D eigenvalue weighted by Crippen LogP contribution is 2.40. The molecule has 2 rings (SSSR count). The molecule has 1 fully saturated rings. The molecule has 20 heavy (non-hydrogen) atoms. The van der Waals surface area contributed by atoms with Crippen LogP contribution in [-0.2, 0) is 4.74 Å². The summed E-state index contributed by atoms with van der Waals surface area (Å²) < 4.78 is 5.56. The van der Waals surface area contributed by atoms with Crippen LogP contribution in [0.1, 0.15) is 50.4 Å². The van der Waals surface area contributed by atoms with Crippen molar-refractivity contribution in [3.63, 3.8) is 0 Å². The van der Waals surface area contributed by atoms with Crippen LogP contribution in [0, 0.1) is 11.3 Å². The Kier molecular flexibility index (Phi) is 3.93. The van der Waals surface area contributed by atoms with Crippen LogP contribution in [0.3, 0.4) is 0 Å². The normalized spacial score (nSPS) is 25.1. The van der Waals surface area contributed by atoms with Crippen LogP contribution in [0.15, 0.2) is 18.2 Å². The fourth-order valence-corrected chi connectivity index (χ4v) is 3.29. The number of para-hydroxylation sites is 1. The van der Waals surface area contributed by atoms with Gasteiger partial charge in [0.1, 0.15) is 11.7 Å². The SMILES string of the molecule is CC1CC(OC(=O)c2cccc(N)c2O)CC(C)(C)C1. The predicted molar refractivity (Wildman–Crippen MR) is 78.5 cm³/mol. The van der Waals surface area contributed by atoms with E-state index in [0.29, 0.717) is 5.92 Å². The molecular formula is C16H23NO3. The second-order valence-corrected chi connectivity index (χ2v) is 6.68. The number of carbonyl (C=O) groups excluding carboxylic acids is 1. The number of rotatable bonds is 2.